The standard InChI is InChI=1S/C17H21NO2S2/c1-17(2,3)16(14-10-7-11-21-14)18-15(19)12-22(20)13-8-5-4-6-9-13/h4-11,16H,12H2,1-3H3,(H,18,19). The van der Waals surface area contributed by atoms with Gasteiger partial charge in [0, 0.05) is 9.77 Å². The predicted molar refractivity (Wildman–Crippen MR) is 92.4 cm³/mol. The first-order valence-electron chi connectivity index (χ1n) is 7.14. The largest absolute Gasteiger partial charge is 0.347 e. The molecule has 1 aromatic heterocycles. The molecule has 1 aromatic carbocycles. The lowest BCUT2D eigenvalue weighted by Gasteiger charge is -2.30. The molecular weight excluding hydrogens is 314 g/mol. The van der Waals surface area contributed by atoms with E-state index in [4.69, 9.17) is 0 Å². The van der Waals surface area contributed by atoms with Crippen LogP contribution < -0.4 is 5.32 Å². The summed E-state index contributed by atoms with van der Waals surface area (Å²) in [6.07, 6.45) is 0. The fourth-order valence-corrected chi connectivity index (χ4v) is 4.12. The number of hydrogen-bond acceptors (Lipinski definition) is 3. The molecule has 22 heavy (non-hydrogen) atoms. The van der Waals surface area contributed by atoms with Crippen LogP contribution in [0.3, 0.4) is 0 Å². The van der Waals surface area contributed by atoms with Crippen LogP contribution in [0.25, 0.3) is 0 Å². The average molecular weight is 335 g/mol. The fraction of sp³-hybridized carbons (Fsp3) is 0.353. The number of hydrogen-bond donors (Lipinski definition) is 1. The highest BCUT2D eigenvalue weighted by Gasteiger charge is 2.29. The zero-order valence-electron chi connectivity index (χ0n) is 13.0. The summed E-state index contributed by atoms with van der Waals surface area (Å²) in [4.78, 5) is 14.1. The van der Waals surface area contributed by atoms with E-state index >= 15 is 0 Å². The second-order valence-corrected chi connectivity index (χ2v) is 8.62. The van der Waals surface area contributed by atoms with Crippen LogP contribution in [0, 0.1) is 5.41 Å². The van der Waals surface area contributed by atoms with E-state index < -0.39 is 10.8 Å². The molecule has 2 rings (SSSR count). The van der Waals surface area contributed by atoms with E-state index in [-0.39, 0.29) is 23.1 Å². The van der Waals surface area contributed by atoms with Crippen LogP contribution in [0.5, 0.6) is 0 Å². The molecule has 3 nitrogen and oxygen atoms in total. The minimum Gasteiger partial charge on any atom is -0.347 e. The number of benzene rings is 1. The zero-order valence-corrected chi connectivity index (χ0v) is 14.7. The van der Waals surface area contributed by atoms with Gasteiger partial charge in [0.15, 0.2) is 0 Å². The van der Waals surface area contributed by atoms with Crippen molar-refractivity contribution in [1.29, 1.82) is 0 Å². The number of nitrogens with one attached hydrogen (secondary N) is 1. The topological polar surface area (TPSA) is 46.2 Å². The highest BCUT2D eigenvalue weighted by molar-refractivity contribution is 7.85. The van der Waals surface area contributed by atoms with Crippen molar-refractivity contribution in [2.45, 2.75) is 31.7 Å². The van der Waals surface area contributed by atoms with E-state index in [9.17, 15) is 9.00 Å². The summed E-state index contributed by atoms with van der Waals surface area (Å²) in [5.41, 5.74) is -0.102. The maximum absolute atomic E-state index is 12.3. The van der Waals surface area contributed by atoms with Crippen molar-refractivity contribution < 1.29 is 9.00 Å². The third kappa shape index (κ3) is 4.52. The van der Waals surface area contributed by atoms with Gasteiger partial charge in [-0.15, -0.1) is 11.3 Å². The van der Waals surface area contributed by atoms with E-state index in [1.165, 1.54) is 0 Å². The van der Waals surface area contributed by atoms with Crippen molar-refractivity contribution >= 4 is 28.0 Å². The van der Waals surface area contributed by atoms with Crippen molar-refractivity contribution in [2.24, 2.45) is 5.41 Å². The molecule has 0 aliphatic rings. The van der Waals surface area contributed by atoms with Gasteiger partial charge in [-0.25, -0.2) is 0 Å². The minimum atomic E-state index is -1.31. The number of rotatable bonds is 5. The molecule has 118 valence electrons. The molecule has 0 aliphatic carbocycles. The van der Waals surface area contributed by atoms with Crippen molar-refractivity contribution in [3.8, 4) is 0 Å². The third-order valence-corrected chi connectivity index (χ3v) is 5.53. The number of carbonyl (C=O) groups excluding carboxylic acids is 1. The quantitative estimate of drug-likeness (QED) is 0.904. The Morgan fingerprint density at radius 1 is 1.18 bits per heavy atom. The number of amides is 1. The molecule has 0 fully saturated rings. The molecule has 1 N–H and O–H groups in total. The maximum Gasteiger partial charge on any atom is 0.233 e. The second-order valence-electron chi connectivity index (χ2n) is 6.18. The summed E-state index contributed by atoms with van der Waals surface area (Å²) in [5.74, 6) is -0.197. The Morgan fingerprint density at radius 3 is 2.41 bits per heavy atom. The lowest BCUT2D eigenvalue weighted by Crippen LogP contribution is -2.38. The summed E-state index contributed by atoms with van der Waals surface area (Å²) >= 11 is 1.62. The van der Waals surface area contributed by atoms with E-state index in [1.807, 2.05) is 35.7 Å². The van der Waals surface area contributed by atoms with Crippen LogP contribution in [0.15, 0.2) is 52.7 Å². The summed E-state index contributed by atoms with van der Waals surface area (Å²) in [6.45, 7) is 6.27. The monoisotopic (exact) mass is 335 g/mol. The Kier molecular flexibility index (Phi) is 5.53. The van der Waals surface area contributed by atoms with Crippen LogP contribution in [-0.2, 0) is 15.6 Å². The highest BCUT2D eigenvalue weighted by Crippen LogP contribution is 2.35. The van der Waals surface area contributed by atoms with E-state index in [1.54, 1.807) is 23.5 Å². The molecule has 1 heterocycles. The van der Waals surface area contributed by atoms with Crippen molar-refractivity contribution in [3.05, 3.63) is 52.7 Å². The fourth-order valence-electron chi connectivity index (χ4n) is 2.15. The van der Waals surface area contributed by atoms with Gasteiger partial charge in [0.25, 0.3) is 0 Å². The van der Waals surface area contributed by atoms with Crippen molar-refractivity contribution in [2.75, 3.05) is 5.75 Å². The van der Waals surface area contributed by atoms with Gasteiger partial charge in [0.2, 0.25) is 5.91 Å². The first kappa shape index (κ1) is 16.9. The van der Waals surface area contributed by atoms with Gasteiger partial charge in [-0.3, -0.25) is 9.00 Å². The third-order valence-electron chi connectivity index (χ3n) is 3.27. The second kappa shape index (κ2) is 7.20. The normalized spacial score (nSPS) is 14.3. The van der Waals surface area contributed by atoms with Gasteiger partial charge in [0.1, 0.15) is 5.75 Å². The molecule has 0 aliphatic heterocycles. The van der Waals surface area contributed by atoms with Gasteiger partial charge >= 0.3 is 0 Å². The van der Waals surface area contributed by atoms with Gasteiger partial charge < -0.3 is 5.32 Å². The van der Waals surface area contributed by atoms with Crippen LogP contribution in [0.1, 0.15) is 31.7 Å². The molecule has 2 atom stereocenters. The molecule has 2 aromatic rings. The summed E-state index contributed by atoms with van der Waals surface area (Å²) < 4.78 is 12.2. The molecule has 1 amide bonds. The summed E-state index contributed by atoms with van der Waals surface area (Å²) in [6, 6.07) is 13.0. The van der Waals surface area contributed by atoms with E-state index in [0.29, 0.717) is 4.90 Å². The SMILES string of the molecule is CC(C)(C)C(NC(=O)CS(=O)c1ccccc1)c1cccs1. The Bertz CT molecular complexity index is 630. The molecule has 0 saturated heterocycles. The van der Waals surface area contributed by atoms with Gasteiger partial charge in [-0.1, -0.05) is 45.0 Å². The van der Waals surface area contributed by atoms with Crippen LogP contribution in [0.2, 0.25) is 0 Å². The van der Waals surface area contributed by atoms with Crippen LogP contribution in [0.4, 0.5) is 0 Å². The molecule has 0 radical (unpaired) electrons. The van der Waals surface area contributed by atoms with Gasteiger partial charge in [-0.2, -0.15) is 0 Å². The molecule has 2 unspecified atom stereocenters. The highest BCUT2D eigenvalue weighted by atomic mass is 32.2. The Labute approximate surface area is 138 Å². The number of carbonyl (C=O) groups is 1. The van der Waals surface area contributed by atoms with Crippen molar-refractivity contribution in [1.82, 2.24) is 5.32 Å². The van der Waals surface area contributed by atoms with Crippen molar-refractivity contribution in [3.63, 3.8) is 0 Å². The molecule has 5 heteroatoms. The molecule has 0 spiro atoms. The molecule has 0 saturated carbocycles. The van der Waals surface area contributed by atoms with Gasteiger partial charge in [-0.05, 0) is 29.0 Å². The van der Waals surface area contributed by atoms with Gasteiger partial charge in [0.05, 0.1) is 16.8 Å². The summed E-state index contributed by atoms with van der Waals surface area (Å²) in [7, 11) is -1.31. The minimum absolute atomic E-state index is 0.0119. The van der Waals surface area contributed by atoms with E-state index in [2.05, 4.69) is 26.1 Å². The number of thiophene rings is 1. The smallest absolute Gasteiger partial charge is 0.233 e. The van der Waals surface area contributed by atoms with Crippen LogP contribution >= 0.6 is 11.3 Å². The average Bonchev–Trinajstić information content (AvgIpc) is 2.98. The predicted octanol–water partition coefficient (Wildman–Crippen LogP) is 3.76. The summed E-state index contributed by atoms with van der Waals surface area (Å²) in [5, 5.41) is 5.04. The maximum atomic E-state index is 12.3. The Morgan fingerprint density at radius 2 is 1.86 bits per heavy atom. The lowest BCUT2D eigenvalue weighted by atomic mass is 9.86. The first-order chi connectivity index (χ1) is 10.4. The van der Waals surface area contributed by atoms with Crippen LogP contribution in [-0.4, -0.2) is 15.9 Å². The first-order valence-corrected chi connectivity index (χ1v) is 9.34. The Balaban J connectivity index is 2.05. The lowest BCUT2D eigenvalue weighted by molar-refractivity contribution is -0.120. The van der Waals surface area contributed by atoms with E-state index in [0.717, 1.165) is 4.88 Å². The molecule has 0 bridgehead atoms. The zero-order chi connectivity index (χ0) is 16.2. The molecular formula is C17H21NO2S2. The Hall–Kier alpha value is -1.46.